The predicted octanol–water partition coefficient (Wildman–Crippen LogP) is 3.06. The maximum atomic E-state index is 12.5. The van der Waals surface area contributed by atoms with Crippen LogP contribution < -0.4 is 15.4 Å². The molecule has 0 aliphatic rings. The summed E-state index contributed by atoms with van der Waals surface area (Å²) < 4.78 is 53.6. The summed E-state index contributed by atoms with van der Waals surface area (Å²) in [5, 5.41) is 5.91. The van der Waals surface area contributed by atoms with E-state index in [9.17, 15) is 17.4 Å². The average molecular weight is 399 g/mol. The van der Waals surface area contributed by atoms with Crippen LogP contribution in [0.15, 0.2) is 64.5 Å². The number of nitrogens with one attached hydrogen (secondary N) is 2. The Morgan fingerprint density at radius 3 is 2.41 bits per heavy atom. The summed E-state index contributed by atoms with van der Waals surface area (Å²) in [4.78, 5) is 4.75. The lowest BCUT2D eigenvalue weighted by atomic mass is 10.2. The molecule has 0 spiro atoms. The molecule has 9 heteroatoms. The summed E-state index contributed by atoms with van der Waals surface area (Å²) in [6.45, 7) is 0.482. The van der Waals surface area contributed by atoms with Gasteiger partial charge in [0.15, 0.2) is 5.96 Å². The third-order valence-corrected chi connectivity index (χ3v) is 4.83. The van der Waals surface area contributed by atoms with Crippen LogP contribution in [0.1, 0.15) is 5.56 Å². The summed E-state index contributed by atoms with van der Waals surface area (Å²) in [5.74, 6) is 0.499. The van der Waals surface area contributed by atoms with E-state index in [0.29, 0.717) is 23.8 Å². The second kappa shape index (κ2) is 9.96. The first-order chi connectivity index (χ1) is 12.9. The van der Waals surface area contributed by atoms with Gasteiger partial charge in [0.05, 0.1) is 10.8 Å². The molecule has 2 aromatic rings. The summed E-state index contributed by atoms with van der Waals surface area (Å²) in [7, 11) is 0.396. The van der Waals surface area contributed by atoms with Gasteiger partial charge in [-0.15, -0.1) is 13.2 Å². The van der Waals surface area contributed by atoms with Crippen molar-refractivity contribution in [2.75, 3.05) is 19.3 Å². The number of nitrogens with zero attached hydrogens (tertiary/aromatic N) is 1. The number of para-hydroxylation sites is 1. The van der Waals surface area contributed by atoms with Gasteiger partial charge in [-0.1, -0.05) is 36.4 Å². The van der Waals surface area contributed by atoms with Crippen LogP contribution in [0.5, 0.6) is 5.75 Å². The molecular formula is C18H20F3N3O2S. The van der Waals surface area contributed by atoms with Gasteiger partial charge in [-0.05, 0) is 18.2 Å². The first kappa shape index (κ1) is 20.8. The summed E-state index contributed by atoms with van der Waals surface area (Å²) in [6.07, 6.45) is -4.75. The Labute approximate surface area is 158 Å². The van der Waals surface area contributed by atoms with E-state index in [4.69, 9.17) is 0 Å². The van der Waals surface area contributed by atoms with Crippen LogP contribution in [0.25, 0.3) is 0 Å². The number of aliphatic imine (C=N–C) groups is 1. The van der Waals surface area contributed by atoms with Crippen molar-refractivity contribution in [1.82, 2.24) is 10.6 Å². The summed E-state index contributed by atoms with van der Waals surface area (Å²) in [5.41, 5.74) is 0.339. The molecule has 0 bridgehead atoms. The lowest BCUT2D eigenvalue weighted by molar-refractivity contribution is -0.274. The molecule has 1 atom stereocenters. The highest BCUT2D eigenvalue weighted by Gasteiger charge is 2.31. The monoisotopic (exact) mass is 399 g/mol. The van der Waals surface area contributed by atoms with E-state index in [1.54, 1.807) is 25.2 Å². The number of hydrogen-bond acceptors (Lipinski definition) is 3. The Morgan fingerprint density at radius 2 is 1.74 bits per heavy atom. The highest BCUT2D eigenvalue weighted by atomic mass is 32.2. The standard InChI is InChI=1S/C18H20F3N3O2S/c1-22-17(23-11-12-27(25)15-8-3-2-4-9-15)24-13-14-7-5-6-10-16(14)26-18(19,20)21/h2-10H,11-13H2,1H3,(H2,22,23,24). The van der Waals surface area contributed by atoms with Crippen LogP contribution in [0, 0.1) is 0 Å². The predicted molar refractivity (Wildman–Crippen MR) is 99.0 cm³/mol. The Balaban J connectivity index is 1.85. The average Bonchev–Trinajstić information content (AvgIpc) is 2.65. The molecule has 2 aromatic carbocycles. The number of guanidine groups is 1. The zero-order valence-electron chi connectivity index (χ0n) is 14.6. The molecule has 27 heavy (non-hydrogen) atoms. The SMILES string of the molecule is CN=C(NCCS(=O)c1ccccc1)NCc1ccccc1OC(F)(F)F. The highest BCUT2D eigenvalue weighted by molar-refractivity contribution is 7.85. The number of hydrogen-bond donors (Lipinski definition) is 2. The number of ether oxygens (including phenoxy) is 1. The highest BCUT2D eigenvalue weighted by Crippen LogP contribution is 2.25. The van der Waals surface area contributed by atoms with E-state index in [2.05, 4.69) is 20.4 Å². The molecule has 5 nitrogen and oxygen atoms in total. The maximum Gasteiger partial charge on any atom is 0.573 e. The zero-order valence-corrected chi connectivity index (χ0v) is 15.4. The zero-order chi connectivity index (χ0) is 19.7. The fourth-order valence-corrected chi connectivity index (χ4v) is 3.21. The van der Waals surface area contributed by atoms with Gasteiger partial charge in [0.1, 0.15) is 5.75 Å². The second-order valence-corrected chi connectivity index (χ2v) is 6.94. The maximum absolute atomic E-state index is 12.5. The fourth-order valence-electron chi connectivity index (χ4n) is 2.23. The first-order valence-corrected chi connectivity index (χ1v) is 9.42. The van der Waals surface area contributed by atoms with Crippen molar-refractivity contribution in [3.05, 3.63) is 60.2 Å². The van der Waals surface area contributed by atoms with E-state index in [1.165, 1.54) is 18.2 Å². The number of alkyl halides is 3. The molecule has 0 heterocycles. The van der Waals surface area contributed by atoms with Gasteiger partial charge in [0.25, 0.3) is 0 Å². The van der Waals surface area contributed by atoms with Crippen molar-refractivity contribution in [3.63, 3.8) is 0 Å². The van der Waals surface area contributed by atoms with Gasteiger partial charge in [-0.2, -0.15) is 0 Å². The molecular weight excluding hydrogens is 379 g/mol. The van der Waals surface area contributed by atoms with E-state index >= 15 is 0 Å². The van der Waals surface area contributed by atoms with Gasteiger partial charge >= 0.3 is 6.36 Å². The molecule has 0 saturated heterocycles. The van der Waals surface area contributed by atoms with Gasteiger partial charge in [-0.25, -0.2) is 0 Å². The number of rotatable bonds is 7. The molecule has 1 unspecified atom stereocenters. The Hall–Kier alpha value is -2.55. The van der Waals surface area contributed by atoms with Gasteiger partial charge in [-0.3, -0.25) is 9.20 Å². The van der Waals surface area contributed by atoms with Crippen molar-refractivity contribution < 1.29 is 22.1 Å². The molecule has 0 fully saturated rings. The Morgan fingerprint density at radius 1 is 1.07 bits per heavy atom. The minimum Gasteiger partial charge on any atom is -0.405 e. The van der Waals surface area contributed by atoms with Crippen LogP contribution in [-0.4, -0.2) is 35.9 Å². The molecule has 0 aliphatic heterocycles. The van der Waals surface area contributed by atoms with E-state index in [-0.39, 0.29) is 12.3 Å². The van der Waals surface area contributed by atoms with Crippen LogP contribution in [0.3, 0.4) is 0 Å². The van der Waals surface area contributed by atoms with E-state index in [0.717, 1.165) is 4.90 Å². The third kappa shape index (κ3) is 7.30. The lowest BCUT2D eigenvalue weighted by Gasteiger charge is -2.15. The van der Waals surface area contributed by atoms with Gasteiger partial charge in [0.2, 0.25) is 0 Å². The summed E-state index contributed by atoms with van der Waals surface area (Å²) >= 11 is 0. The minimum absolute atomic E-state index is 0.0910. The topological polar surface area (TPSA) is 62.7 Å². The Bertz CT molecular complexity index is 783. The van der Waals surface area contributed by atoms with E-state index < -0.39 is 17.2 Å². The van der Waals surface area contributed by atoms with Crippen LogP contribution >= 0.6 is 0 Å². The van der Waals surface area contributed by atoms with Crippen molar-refractivity contribution >= 4 is 16.8 Å². The molecule has 0 saturated carbocycles. The molecule has 146 valence electrons. The van der Waals surface area contributed by atoms with Crippen LogP contribution in [-0.2, 0) is 17.3 Å². The molecule has 0 amide bonds. The first-order valence-electron chi connectivity index (χ1n) is 8.10. The largest absolute Gasteiger partial charge is 0.573 e. The van der Waals surface area contributed by atoms with Crippen molar-refractivity contribution in [1.29, 1.82) is 0 Å². The third-order valence-electron chi connectivity index (χ3n) is 3.45. The van der Waals surface area contributed by atoms with Crippen molar-refractivity contribution in [2.45, 2.75) is 17.8 Å². The second-order valence-electron chi connectivity index (χ2n) is 5.37. The molecule has 0 radical (unpaired) electrons. The summed E-state index contributed by atoms with van der Waals surface area (Å²) in [6, 6.07) is 15.0. The molecule has 2 rings (SSSR count). The smallest absolute Gasteiger partial charge is 0.405 e. The Kier molecular flexibility index (Phi) is 7.66. The van der Waals surface area contributed by atoms with Gasteiger partial charge < -0.3 is 15.4 Å². The quantitative estimate of drug-likeness (QED) is 0.555. The normalized spacial score (nSPS) is 13.1. The van der Waals surface area contributed by atoms with E-state index in [1.807, 2.05) is 18.2 Å². The van der Waals surface area contributed by atoms with Crippen LogP contribution in [0.4, 0.5) is 13.2 Å². The molecule has 0 aliphatic carbocycles. The number of benzene rings is 2. The van der Waals surface area contributed by atoms with Crippen molar-refractivity contribution in [3.8, 4) is 5.75 Å². The fraction of sp³-hybridized carbons (Fsp3) is 0.278. The minimum atomic E-state index is -4.75. The number of halogens is 3. The lowest BCUT2D eigenvalue weighted by Crippen LogP contribution is -2.38. The molecule has 0 aromatic heterocycles. The molecule has 2 N–H and O–H groups in total. The van der Waals surface area contributed by atoms with Gasteiger partial charge in [0, 0.05) is 36.3 Å². The van der Waals surface area contributed by atoms with Crippen molar-refractivity contribution in [2.24, 2.45) is 4.99 Å². The van der Waals surface area contributed by atoms with Crippen LogP contribution in [0.2, 0.25) is 0 Å².